The van der Waals surface area contributed by atoms with Crippen LogP contribution in [0.15, 0.2) is 78.9 Å². The van der Waals surface area contributed by atoms with Crippen LogP contribution in [0.25, 0.3) is 0 Å². The summed E-state index contributed by atoms with van der Waals surface area (Å²) in [6.45, 7) is 2.05. The molecule has 3 aromatic carbocycles. The summed E-state index contributed by atoms with van der Waals surface area (Å²) in [7, 11) is 0. The van der Waals surface area contributed by atoms with Crippen molar-refractivity contribution in [2.75, 3.05) is 17.2 Å². The minimum atomic E-state index is -0.189. The van der Waals surface area contributed by atoms with Crippen LogP contribution in [0.5, 0.6) is 0 Å². The molecule has 0 saturated carbocycles. The molecule has 0 heterocycles. The Hall–Kier alpha value is -3.31. The lowest BCUT2D eigenvalue weighted by Gasteiger charge is -2.14. The molecule has 0 fully saturated rings. The van der Waals surface area contributed by atoms with Gasteiger partial charge in [0.05, 0.1) is 12.6 Å². The van der Waals surface area contributed by atoms with Crippen LogP contribution < -0.4 is 16.0 Å². The van der Waals surface area contributed by atoms with Gasteiger partial charge in [0.2, 0.25) is 5.91 Å². The van der Waals surface area contributed by atoms with Crippen LogP contribution in [0, 0.1) is 0 Å². The van der Waals surface area contributed by atoms with E-state index in [1.54, 1.807) is 48.5 Å². The van der Waals surface area contributed by atoms with Gasteiger partial charge in [-0.2, -0.15) is 0 Å². The van der Waals surface area contributed by atoms with Crippen LogP contribution in [-0.4, -0.2) is 18.4 Å². The second kappa shape index (κ2) is 9.75. The summed E-state index contributed by atoms with van der Waals surface area (Å²) in [4.78, 5) is 24.5. The van der Waals surface area contributed by atoms with Gasteiger partial charge < -0.3 is 16.0 Å². The van der Waals surface area contributed by atoms with Gasteiger partial charge in [-0.3, -0.25) is 9.59 Å². The summed E-state index contributed by atoms with van der Waals surface area (Å²) in [6.07, 6.45) is 0. The molecule has 0 radical (unpaired) electrons. The van der Waals surface area contributed by atoms with Gasteiger partial charge in [-0.25, -0.2) is 0 Å². The largest absolute Gasteiger partial charge is 0.376 e. The molecule has 0 aliphatic rings. The van der Waals surface area contributed by atoms with E-state index in [4.69, 9.17) is 11.6 Å². The van der Waals surface area contributed by atoms with E-state index in [1.165, 1.54) is 0 Å². The summed E-state index contributed by atoms with van der Waals surface area (Å²) >= 11 is 5.91. The zero-order valence-electron chi connectivity index (χ0n) is 16.0. The highest BCUT2D eigenvalue weighted by Gasteiger charge is 2.11. The Morgan fingerprint density at radius 3 is 2.31 bits per heavy atom. The summed E-state index contributed by atoms with van der Waals surface area (Å²) in [5, 5.41) is 9.35. The van der Waals surface area contributed by atoms with E-state index >= 15 is 0 Å². The van der Waals surface area contributed by atoms with Crippen LogP contribution >= 0.6 is 11.6 Å². The summed E-state index contributed by atoms with van der Waals surface area (Å²) in [6, 6.07) is 23.7. The first-order valence-electron chi connectivity index (χ1n) is 9.26. The third-order valence-corrected chi connectivity index (χ3v) is 4.59. The Morgan fingerprint density at radius 1 is 0.897 bits per heavy atom. The molecular weight excluding hydrogens is 386 g/mol. The van der Waals surface area contributed by atoms with Gasteiger partial charge in [0.15, 0.2) is 0 Å². The van der Waals surface area contributed by atoms with Crippen molar-refractivity contribution in [1.82, 2.24) is 5.32 Å². The van der Waals surface area contributed by atoms with E-state index in [0.717, 1.165) is 11.3 Å². The number of benzene rings is 3. The number of anilines is 2. The normalized spacial score (nSPS) is 11.4. The van der Waals surface area contributed by atoms with Crippen molar-refractivity contribution in [2.45, 2.75) is 13.0 Å². The van der Waals surface area contributed by atoms with Crippen molar-refractivity contribution in [2.24, 2.45) is 0 Å². The third kappa shape index (κ3) is 6.09. The van der Waals surface area contributed by atoms with Gasteiger partial charge in [0.25, 0.3) is 5.91 Å². The molecule has 29 heavy (non-hydrogen) atoms. The average molecular weight is 408 g/mol. The number of hydrogen-bond donors (Lipinski definition) is 3. The fraction of sp³-hybridized carbons (Fsp3) is 0.130. The Labute approximate surface area is 175 Å². The molecule has 3 N–H and O–H groups in total. The third-order valence-electron chi connectivity index (χ3n) is 4.36. The van der Waals surface area contributed by atoms with Gasteiger partial charge in [-0.1, -0.05) is 48.0 Å². The second-order valence-electron chi connectivity index (χ2n) is 6.60. The van der Waals surface area contributed by atoms with E-state index in [2.05, 4.69) is 16.0 Å². The Kier molecular flexibility index (Phi) is 6.87. The highest BCUT2D eigenvalue weighted by Crippen LogP contribution is 2.16. The molecule has 3 aromatic rings. The predicted molar refractivity (Wildman–Crippen MR) is 117 cm³/mol. The smallest absolute Gasteiger partial charge is 0.251 e. The topological polar surface area (TPSA) is 70.2 Å². The molecule has 0 aliphatic heterocycles. The lowest BCUT2D eigenvalue weighted by atomic mass is 10.1. The SMILES string of the molecule is CC(NC(=O)c1ccc(NCC(=O)Nc2cccc(Cl)c2)cc1)c1ccccc1. The number of hydrogen-bond acceptors (Lipinski definition) is 3. The first kappa shape index (κ1) is 20.4. The molecule has 0 bridgehead atoms. The van der Waals surface area contributed by atoms with E-state index in [9.17, 15) is 9.59 Å². The molecule has 1 atom stereocenters. The number of carbonyl (C=O) groups excluding carboxylic acids is 2. The van der Waals surface area contributed by atoms with Crippen molar-refractivity contribution >= 4 is 34.8 Å². The maximum atomic E-state index is 12.4. The maximum Gasteiger partial charge on any atom is 0.251 e. The minimum Gasteiger partial charge on any atom is -0.376 e. The van der Waals surface area contributed by atoms with Crippen LogP contribution in [0.2, 0.25) is 5.02 Å². The van der Waals surface area contributed by atoms with Gasteiger partial charge in [-0.05, 0) is 55.0 Å². The molecule has 0 aromatic heterocycles. The number of rotatable bonds is 7. The Balaban J connectivity index is 1.50. The van der Waals surface area contributed by atoms with E-state index < -0.39 is 0 Å². The standard InChI is InChI=1S/C23H22ClN3O2/c1-16(17-6-3-2-4-7-17)26-23(29)18-10-12-20(13-11-18)25-15-22(28)27-21-9-5-8-19(24)14-21/h2-14,16,25H,15H2,1H3,(H,26,29)(H,27,28). The highest BCUT2D eigenvalue weighted by molar-refractivity contribution is 6.30. The lowest BCUT2D eigenvalue weighted by molar-refractivity contribution is -0.114. The lowest BCUT2D eigenvalue weighted by Crippen LogP contribution is -2.26. The van der Waals surface area contributed by atoms with Gasteiger partial charge >= 0.3 is 0 Å². The van der Waals surface area contributed by atoms with Crippen molar-refractivity contribution in [3.63, 3.8) is 0 Å². The maximum absolute atomic E-state index is 12.4. The van der Waals surface area contributed by atoms with Crippen LogP contribution in [0.1, 0.15) is 28.9 Å². The molecular formula is C23H22ClN3O2. The predicted octanol–water partition coefficient (Wildman–Crippen LogP) is 4.88. The molecule has 2 amide bonds. The summed E-state index contributed by atoms with van der Waals surface area (Å²) < 4.78 is 0. The first-order valence-corrected chi connectivity index (χ1v) is 9.64. The fourth-order valence-electron chi connectivity index (χ4n) is 2.80. The zero-order valence-corrected chi connectivity index (χ0v) is 16.7. The number of halogens is 1. The molecule has 0 saturated heterocycles. The average Bonchev–Trinajstić information content (AvgIpc) is 2.73. The van der Waals surface area contributed by atoms with Crippen LogP contribution in [0.3, 0.4) is 0 Å². The molecule has 6 heteroatoms. The number of carbonyl (C=O) groups is 2. The fourth-order valence-corrected chi connectivity index (χ4v) is 2.99. The summed E-state index contributed by atoms with van der Waals surface area (Å²) in [5.41, 5.74) is 2.99. The van der Waals surface area contributed by atoms with E-state index in [-0.39, 0.29) is 24.4 Å². The van der Waals surface area contributed by atoms with Crippen LogP contribution in [0.4, 0.5) is 11.4 Å². The van der Waals surface area contributed by atoms with Crippen molar-refractivity contribution in [3.8, 4) is 0 Å². The number of nitrogens with one attached hydrogen (secondary N) is 3. The molecule has 3 rings (SSSR count). The summed E-state index contributed by atoms with van der Waals surface area (Å²) in [5.74, 6) is -0.336. The van der Waals surface area contributed by atoms with Crippen molar-refractivity contribution in [3.05, 3.63) is 95.0 Å². The van der Waals surface area contributed by atoms with E-state index in [1.807, 2.05) is 37.3 Å². The Bertz CT molecular complexity index is 975. The van der Waals surface area contributed by atoms with Crippen molar-refractivity contribution in [1.29, 1.82) is 0 Å². The molecule has 0 aliphatic carbocycles. The van der Waals surface area contributed by atoms with Gasteiger partial charge in [-0.15, -0.1) is 0 Å². The quantitative estimate of drug-likeness (QED) is 0.522. The highest BCUT2D eigenvalue weighted by atomic mass is 35.5. The van der Waals surface area contributed by atoms with Crippen LogP contribution in [-0.2, 0) is 4.79 Å². The van der Waals surface area contributed by atoms with Crippen molar-refractivity contribution < 1.29 is 9.59 Å². The monoisotopic (exact) mass is 407 g/mol. The molecule has 1 unspecified atom stereocenters. The minimum absolute atomic E-state index is 0.0864. The van der Waals surface area contributed by atoms with Gasteiger partial charge in [0.1, 0.15) is 0 Å². The molecule has 0 spiro atoms. The second-order valence-corrected chi connectivity index (χ2v) is 7.03. The van der Waals surface area contributed by atoms with E-state index in [0.29, 0.717) is 16.3 Å². The van der Waals surface area contributed by atoms with Gasteiger partial charge in [0, 0.05) is 22.0 Å². The molecule has 5 nitrogen and oxygen atoms in total. The number of amides is 2. The molecule has 148 valence electrons. The zero-order chi connectivity index (χ0) is 20.6. The Morgan fingerprint density at radius 2 is 1.62 bits per heavy atom. The first-order chi connectivity index (χ1) is 14.0.